The topological polar surface area (TPSA) is 46.3 Å². The highest BCUT2D eigenvalue weighted by Gasteiger charge is 2.51. The molecule has 2 unspecified atom stereocenters. The molecule has 1 amide bonds. The van der Waals surface area contributed by atoms with Crippen molar-refractivity contribution in [1.82, 2.24) is 4.90 Å². The number of likely N-dealkylation sites (tertiary alicyclic amines) is 1. The summed E-state index contributed by atoms with van der Waals surface area (Å²) in [7, 11) is 0. The first-order chi connectivity index (χ1) is 9.69. The minimum Gasteiger partial charge on any atom is -0.396 e. The number of fused-ring (bicyclic) bond motifs is 2. The molecule has 1 saturated carbocycles. The molecular formula is C17H23FN2O. The van der Waals surface area contributed by atoms with Crippen LogP contribution in [0.4, 0.5) is 10.1 Å². The fraction of sp³-hybridized carbons (Fsp3) is 0.588. The Kier molecular flexibility index (Phi) is 3.05. The number of benzene rings is 1. The zero-order valence-corrected chi connectivity index (χ0v) is 12.9. The van der Waals surface area contributed by atoms with Gasteiger partial charge in [-0.05, 0) is 48.3 Å². The SMILES string of the molecule is CC1(C)CC2CC(C)(CN2C(=O)c2ccc(N)c(F)c2)C1. The van der Waals surface area contributed by atoms with Gasteiger partial charge < -0.3 is 10.6 Å². The minimum atomic E-state index is -0.519. The van der Waals surface area contributed by atoms with Crippen LogP contribution in [-0.2, 0) is 0 Å². The summed E-state index contributed by atoms with van der Waals surface area (Å²) < 4.78 is 13.6. The minimum absolute atomic E-state index is 0.0691. The van der Waals surface area contributed by atoms with Crippen molar-refractivity contribution >= 4 is 11.6 Å². The molecule has 1 aromatic carbocycles. The zero-order valence-electron chi connectivity index (χ0n) is 12.9. The molecule has 0 aromatic heterocycles. The normalized spacial score (nSPS) is 30.5. The Morgan fingerprint density at radius 3 is 2.71 bits per heavy atom. The quantitative estimate of drug-likeness (QED) is 0.805. The molecule has 0 spiro atoms. The van der Waals surface area contributed by atoms with Gasteiger partial charge in [0.1, 0.15) is 5.82 Å². The van der Waals surface area contributed by atoms with Crippen molar-refractivity contribution in [3.8, 4) is 0 Å². The molecule has 3 rings (SSSR count). The van der Waals surface area contributed by atoms with E-state index >= 15 is 0 Å². The fourth-order valence-electron chi connectivity index (χ4n) is 4.52. The highest BCUT2D eigenvalue weighted by atomic mass is 19.1. The maximum atomic E-state index is 13.6. The zero-order chi connectivity index (χ0) is 15.4. The van der Waals surface area contributed by atoms with Gasteiger partial charge in [0.25, 0.3) is 5.91 Å². The first-order valence-electron chi connectivity index (χ1n) is 7.55. The summed E-state index contributed by atoms with van der Waals surface area (Å²) in [6, 6.07) is 4.62. The van der Waals surface area contributed by atoms with Gasteiger partial charge in [0.05, 0.1) is 5.69 Å². The van der Waals surface area contributed by atoms with Crippen LogP contribution in [0.2, 0.25) is 0 Å². The highest BCUT2D eigenvalue weighted by molar-refractivity contribution is 5.95. The second-order valence-corrected chi connectivity index (χ2v) is 7.88. The summed E-state index contributed by atoms with van der Waals surface area (Å²) in [5.41, 5.74) is 6.42. The molecule has 3 nitrogen and oxygen atoms in total. The first-order valence-corrected chi connectivity index (χ1v) is 7.55. The van der Waals surface area contributed by atoms with Crippen LogP contribution in [0.3, 0.4) is 0 Å². The second-order valence-electron chi connectivity index (χ2n) is 7.88. The van der Waals surface area contributed by atoms with Gasteiger partial charge in [-0.3, -0.25) is 4.79 Å². The Hall–Kier alpha value is -1.58. The van der Waals surface area contributed by atoms with E-state index in [1.54, 1.807) is 6.07 Å². The van der Waals surface area contributed by atoms with E-state index in [-0.39, 0.29) is 28.5 Å². The number of halogens is 1. The summed E-state index contributed by atoms with van der Waals surface area (Å²) >= 11 is 0. The average molecular weight is 290 g/mol. The molecule has 1 aliphatic heterocycles. The molecule has 1 heterocycles. The summed E-state index contributed by atoms with van der Waals surface area (Å²) in [6.07, 6.45) is 3.21. The van der Waals surface area contributed by atoms with Gasteiger partial charge in [0.2, 0.25) is 0 Å². The van der Waals surface area contributed by atoms with Gasteiger partial charge in [-0.1, -0.05) is 20.8 Å². The molecular weight excluding hydrogens is 267 g/mol. The summed E-state index contributed by atoms with van der Waals surface area (Å²) in [5, 5.41) is 0. The highest BCUT2D eigenvalue weighted by Crippen LogP contribution is 2.52. The van der Waals surface area contributed by atoms with Crippen molar-refractivity contribution in [3.63, 3.8) is 0 Å². The van der Waals surface area contributed by atoms with E-state index in [1.807, 2.05) is 4.90 Å². The molecule has 2 fully saturated rings. The maximum absolute atomic E-state index is 13.6. The van der Waals surface area contributed by atoms with Gasteiger partial charge in [0.15, 0.2) is 0 Å². The van der Waals surface area contributed by atoms with Gasteiger partial charge in [-0.25, -0.2) is 4.39 Å². The van der Waals surface area contributed by atoms with Crippen molar-refractivity contribution in [2.45, 2.75) is 46.1 Å². The lowest BCUT2D eigenvalue weighted by molar-refractivity contribution is 0.0708. The molecule has 0 radical (unpaired) electrons. The number of hydrogen-bond acceptors (Lipinski definition) is 2. The summed E-state index contributed by atoms with van der Waals surface area (Å²) in [6.45, 7) is 7.58. The van der Waals surface area contributed by atoms with Gasteiger partial charge in [0, 0.05) is 18.2 Å². The van der Waals surface area contributed by atoms with E-state index in [0.717, 1.165) is 25.8 Å². The summed E-state index contributed by atoms with van der Waals surface area (Å²) in [5.74, 6) is -0.588. The molecule has 2 bridgehead atoms. The van der Waals surface area contributed by atoms with Crippen LogP contribution in [0.1, 0.15) is 50.4 Å². The third kappa shape index (κ3) is 2.52. The lowest BCUT2D eigenvalue weighted by Gasteiger charge is -2.39. The Morgan fingerprint density at radius 1 is 1.33 bits per heavy atom. The maximum Gasteiger partial charge on any atom is 0.254 e. The Labute approximate surface area is 125 Å². The molecule has 2 N–H and O–H groups in total. The monoisotopic (exact) mass is 290 g/mol. The molecule has 4 heteroatoms. The van der Waals surface area contributed by atoms with E-state index in [9.17, 15) is 9.18 Å². The van der Waals surface area contributed by atoms with Gasteiger partial charge in [-0.2, -0.15) is 0 Å². The predicted octanol–water partition coefficient (Wildman–Crippen LogP) is 3.45. The lowest BCUT2D eigenvalue weighted by atomic mass is 9.65. The van der Waals surface area contributed by atoms with Crippen molar-refractivity contribution in [2.75, 3.05) is 12.3 Å². The molecule has 2 aliphatic rings. The van der Waals surface area contributed by atoms with E-state index in [4.69, 9.17) is 5.73 Å². The molecule has 114 valence electrons. The van der Waals surface area contributed by atoms with Gasteiger partial charge >= 0.3 is 0 Å². The first kappa shape index (κ1) is 14.4. The molecule has 1 aliphatic carbocycles. The van der Waals surface area contributed by atoms with Crippen molar-refractivity contribution in [3.05, 3.63) is 29.6 Å². The predicted molar refractivity (Wildman–Crippen MR) is 81.4 cm³/mol. The number of hydrogen-bond donors (Lipinski definition) is 1. The van der Waals surface area contributed by atoms with Crippen LogP contribution in [-0.4, -0.2) is 23.4 Å². The third-order valence-electron chi connectivity index (χ3n) is 4.92. The molecule has 1 aromatic rings. The number of amides is 1. The van der Waals surface area contributed by atoms with Crippen LogP contribution >= 0.6 is 0 Å². The fourth-order valence-corrected chi connectivity index (χ4v) is 4.52. The molecule has 21 heavy (non-hydrogen) atoms. The number of carbonyl (C=O) groups excluding carboxylic acids is 1. The average Bonchev–Trinajstić information content (AvgIpc) is 2.61. The van der Waals surface area contributed by atoms with Crippen LogP contribution in [0.25, 0.3) is 0 Å². The third-order valence-corrected chi connectivity index (χ3v) is 4.92. The largest absolute Gasteiger partial charge is 0.396 e. The van der Waals surface area contributed by atoms with Crippen molar-refractivity contribution < 1.29 is 9.18 Å². The Bertz CT molecular complexity index is 598. The number of rotatable bonds is 1. The molecule has 1 saturated heterocycles. The molecule has 2 atom stereocenters. The van der Waals surface area contributed by atoms with Gasteiger partial charge in [-0.15, -0.1) is 0 Å². The van der Waals surface area contributed by atoms with Crippen LogP contribution in [0.5, 0.6) is 0 Å². The number of nitrogens with zero attached hydrogens (tertiary/aromatic N) is 1. The van der Waals surface area contributed by atoms with E-state index < -0.39 is 5.82 Å². The Balaban J connectivity index is 1.87. The second kappa shape index (κ2) is 4.46. The summed E-state index contributed by atoms with van der Waals surface area (Å²) in [4.78, 5) is 14.7. The Morgan fingerprint density at radius 2 is 2.05 bits per heavy atom. The number of carbonyl (C=O) groups is 1. The van der Waals surface area contributed by atoms with E-state index in [2.05, 4.69) is 20.8 Å². The van der Waals surface area contributed by atoms with Crippen molar-refractivity contribution in [1.29, 1.82) is 0 Å². The van der Waals surface area contributed by atoms with Crippen LogP contribution in [0.15, 0.2) is 18.2 Å². The van der Waals surface area contributed by atoms with E-state index in [0.29, 0.717) is 5.56 Å². The standard InChI is InChI=1S/C17H23FN2O/c1-16(2)7-12-8-17(3,9-16)10-20(12)15(21)11-4-5-14(19)13(18)6-11/h4-6,12H,7-10,19H2,1-3H3. The number of nitrogen functional groups attached to an aromatic ring is 1. The van der Waals surface area contributed by atoms with E-state index in [1.165, 1.54) is 12.1 Å². The lowest BCUT2D eigenvalue weighted by Crippen LogP contribution is -2.37. The van der Waals surface area contributed by atoms with Crippen molar-refractivity contribution in [2.24, 2.45) is 10.8 Å². The number of nitrogens with two attached hydrogens (primary N) is 1. The van der Waals surface area contributed by atoms with Crippen LogP contribution in [0, 0.1) is 16.6 Å². The number of anilines is 1. The van der Waals surface area contributed by atoms with Crippen LogP contribution < -0.4 is 5.73 Å². The smallest absolute Gasteiger partial charge is 0.254 e.